The van der Waals surface area contributed by atoms with Gasteiger partial charge in [-0.25, -0.2) is 14.8 Å². The molecule has 8 bridgehead atoms. The Morgan fingerprint density at radius 2 is 1.00 bits per heavy atom. The Kier molecular flexibility index (Phi) is 8.51. The van der Waals surface area contributed by atoms with Gasteiger partial charge in [-0.3, -0.25) is 0 Å². The molecule has 0 fully saturated rings. The van der Waals surface area contributed by atoms with Crippen molar-refractivity contribution in [2.24, 2.45) is 0 Å². The molecule has 0 saturated carbocycles. The van der Waals surface area contributed by atoms with Crippen molar-refractivity contribution in [3.8, 4) is 45.7 Å². The molecule has 6 nitrogen and oxygen atoms in total. The molecule has 8 rings (SSSR count). The Bertz CT molecular complexity index is 2530. The molecule has 0 aliphatic carbocycles. The predicted molar refractivity (Wildman–Crippen MR) is 208 cm³/mol. The zero-order chi connectivity index (χ0) is 34.6. The van der Waals surface area contributed by atoms with Crippen LogP contribution in [0, 0.1) is 12.3 Å². The number of allylic oxidation sites excluding steroid dienone is 1. The Labute approximate surface area is 295 Å². The first-order valence-corrected chi connectivity index (χ1v) is 16.7. The van der Waals surface area contributed by atoms with Crippen LogP contribution in [0.2, 0.25) is 0 Å². The van der Waals surface area contributed by atoms with Crippen LogP contribution in [0.25, 0.3) is 79.8 Å². The van der Waals surface area contributed by atoms with Crippen molar-refractivity contribution in [2.75, 3.05) is 6.61 Å². The van der Waals surface area contributed by atoms with Crippen LogP contribution < -0.4 is 0 Å². The standard InChI is InChI=1S/C45H32N4O2/c1-2-29-51-42(50)20-12-19-33-34-21-23-36(46-34)43(30-13-6-3-7-14-30)38-25-27-40(48-38)45(32-17-10-5-11-18-32)41-28-26-39(49-41)44(31-15-8-4-9-16-31)37-24-22-35(33)47-37/h1,3-18,20-28,46,49H,19,29H2/b20-12+,34-33?,35-33?,43-36?,43-38?,44-37?,44-39?,45-40?,45-41?. The van der Waals surface area contributed by atoms with E-state index in [9.17, 15) is 4.79 Å². The number of nitrogens with zero attached hydrogens (tertiary/aromatic N) is 2. The second kappa shape index (κ2) is 13.9. The number of aromatic nitrogens is 4. The number of ether oxygens (including phenoxy) is 1. The molecular weight excluding hydrogens is 629 g/mol. The van der Waals surface area contributed by atoms with Crippen LogP contribution in [0.4, 0.5) is 0 Å². The molecule has 2 aliphatic heterocycles. The van der Waals surface area contributed by atoms with Gasteiger partial charge in [0, 0.05) is 50.4 Å². The molecule has 0 atom stereocenters. The number of hydrogen-bond donors (Lipinski definition) is 2. The van der Waals surface area contributed by atoms with Crippen molar-refractivity contribution < 1.29 is 9.53 Å². The first-order valence-electron chi connectivity index (χ1n) is 16.7. The maximum Gasteiger partial charge on any atom is 0.331 e. The first kappa shape index (κ1) is 31.3. The van der Waals surface area contributed by atoms with Crippen molar-refractivity contribution in [1.82, 2.24) is 19.9 Å². The van der Waals surface area contributed by atoms with Gasteiger partial charge in [-0.15, -0.1) is 6.42 Å². The van der Waals surface area contributed by atoms with Crippen molar-refractivity contribution >= 4 is 52.3 Å². The van der Waals surface area contributed by atoms with Crippen molar-refractivity contribution in [1.29, 1.82) is 0 Å². The van der Waals surface area contributed by atoms with Crippen LogP contribution in [0.3, 0.4) is 0 Å². The summed E-state index contributed by atoms with van der Waals surface area (Å²) >= 11 is 0. The number of H-pyrrole nitrogens is 2. The number of hydrogen-bond acceptors (Lipinski definition) is 4. The number of esters is 1. The highest BCUT2D eigenvalue weighted by Gasteiger charge is 2.18. The fourth-order valence-corrected chi connectivity index (χ4v) is 6.64. The molecule has 51 heavy (non-hydrogen) atoms. The fourth-order valence-electron chi connectivity index (χ4n) is 6.64. The van der Waals surface area contributed by atoms with Gasteiger partial charge < -0.3 is 14.7 Å². The second-order valence-electron chi connectivity index (χ2n) is 12.1. The highest BCUT2D eigenvalue weighted by atomic mass is 16.5. The minimum Gasteiger partial charge on any atom is -0.449 e. The minimum absolute atomic E-state index is 0.0772. The molecule has 3 aromatic heterocycles. The Morgan fingerprint density at radius 3 is 1.47 bits per heavy atom. The number of rotatable bonds is 7. The molecular formula is C45H32N4O2. The summed E-state index contributed by atoms with van der Waals surface area (Å²) < 4.78 is 5.07. The molecule has 0 saturated heterocycles. The summed E-state index contributed by atoms with van der Waals surface area (Å²) in [5, 5.41) is 0. The number of terminal acetylenes is 1. The van der Waals surface area contributed by atoms with Gasteiger partial charge in [-0.2, -0.15) is 0 Å². The van der Waals surface area contributed by atoms with E-state index in [0.717, 1.165) is 83.8 Å². The molecule has 6 heteroatoms. The van der Waals surface area contributed by atoms with Gasteiger partial charge in [0.15, 0.2) is 6.61 Å². The summed E-state index contributed by atoms with van der Waals surface area (Å²) in [5.41, 5.74) is 14.0. The van der Waals surface area contributed by atoms with E-state index in [2.05, 4.69) is 107 Å². The van der Waals surface area contributed by atoms with Crippen LogP contribution in [0.15, 0.2) is 127 Å². The third-order valence-corrected chi connectivity index (χ3v) is 8.92. The monoisotopic (exact) mass is 660 g/mol. The molecule has 3 aromatic carbocycles. The van der Waals surface area contributed by atoms with Gasteiger partial charge in [0.1, 0.15) is 0 Å². The van der Waals surface area contributed by atoms with E-state index in [1.54, 1.807) is 6.08 Å². The van der Waals surface area contributed by atoms with E-state index in [4.69, 9.17) is 21.1 Å². The number of fused-ring (bicyclic) bond motifs is 8. The van der Waals surface area contributed by atoms with E-state index < -0.39 is 5.97 Å². The highest BCUT2D eigenvalue weighted by molar-refractivity contribution is 5.97. The maximum atomic E-state index is 12.3. The fraction of sp³-hybridized carbons (Fsp3) is 0.0444. The van der Waals surface area contributed by atoms with Gasteiger partial charge in [0.25, 0.3) is 0 Å². The summed E-state index contributed by atoms with van der Waals surface area (Å²) in [6, 6.07) is 39.3. The molecule has 244 valence electrons. The number of aromatic amines is 2. The number of benzene rings is 3. The predicted octanol–water partition coefficient (Wildman–Crippen LogP) is 9.93. The molecule has 0 spiro atoms. The third-order valence-electron chi connectivity index (χ3n) is 8.92. The lowest BCUT2D eigenvalue weighted by atomic mass is 10.0. The average Bonchev–Trinajstić information content (AvgIpc) is 4.01. The summed E-state index contributed by atoms with van der Waals surface area (Å²) in [6.45, 7) is -0.0772. The van der Waals surface area contributed by atoms with Crippen LogP contribution in [-0.2, 0) is 16.0 Å². The quantitative estimate of drug-likeness (QED) is 0.101. The van der Waals surface area contributed by atoms with Crippen LogP contribution in [0.1, 0.15) is 28.3 Å². The van der Waals surface area contributed by atoms with Crippen molar-refractivity contribution in [2.45, 2.75) is 6.42 Å². The van der Waals surface area contributed by atoms with E-state index in [-0.39, 0.29) is 6.61 Å². The lowest BCUT2D eigenvalue weighted by molar-refractivity contribution is -0.136. The SMILES string of the molecule is C#CCOC(=O)/C=C/Cc1c2nc(c(-c3ccccc3)c3ccc([nH]3)c(-c3ccccc3)c3nc(c(-c4ccccc4)c4ccc1[nH]4)C=C3)C=C2. The zero-order valence-corrected chi connectivity index (χ0v) is 27.6. The van der Waals surface area contributed by atoms with Gasteiger partial charge in [-0.1, -0.05) is 103 Å². The van der Waals surface area contributed by atoms with E-state index in [1.807, 2.05) is 48.5 Å². The van der Waals surface area contributed by atoms with E-state index >= 15 is 0 Å². The third kappa shape index (κ3) is 6.32. The molecule has 2 N–H and O–H groups in total. The highest BCUT2D eigenvalue weighted by Crippen LogP contribution is 2.36. The summed E-state index contributed by atoms with van der Waals surface area (Å²) in [4.78, 5) is 30.3. The number of nitrogens with one attached hydrogen (secondary N) is 2. The second-order valence-corrected chi connectivity index (χ2v) is 12.1. The summed E-state index contributed by atoms with van der Waals surface area (Å²) in [5.74, 6) is 1.84. The molecule has 0 radical (unpaired) electrons. The van der Waals surface area contributed by atoms with Crippen LogP contribution >= 0.6 is 0 Å². The number of carbonyl (C=O) groups is 1. The summed E-state index contributed by atoms with van der Waals surface area (Å²) in [7, 11) is 0. The molecule has 5 heterocycles. The first-order chi connectivity index (χ1) is 25.2. The molecule has 0 amide bonds. The average molecular weight is 661 g/mol. The summed E-state index contributed by atoms with van der Waals surface area (Å²) in [6.07, 6.45) is 17.2. The Hall–Kier alpha value is -6.97. The molecule has 2 aliphatic rings. The van der Waals surface area contributed by atoms with Crippen LogP contribution in [-0.4, -0.2) is 32.5 Å². The van der Waals surface area contributed by atoms with Crippen molar-refractivity contribution in [3.05, 3.63) is 156 Å². The van der Waals surface area contributed by atoms with Gasteiger partial charge >= 0.3 is 5.97 Å². The lowest BCUT2D eigenvalue weighted by Crippen LogP contribution is -2.00. The van der Waals surface area contributed by atoms with E-state index in [0.29, 0.717) is 6.42 Å². The number of carbonyl (C=O) groups excluding carboxylic acids is 1. The normalized spacial score (nSPS) is 11.9. The van der Waals surface area contributed by atoms with Crippen molar-refractivity contribution in [3.63, 3.8) is 0 Å². The smallest absolute Gasteiger partial charge is 0.331 e. The van der Waals surface area contributed by atoms with Gasteiger partial charge in [-0.05, 0) is 71.7 Å². The van der Waals surface area contributed by atoms with Gasteiger partial charge in [0.05, 0.1) is 22.8 Å². The largest absolute Gasteiger partial charge is 0.449 e. The maximum absolute atomic E-state index is 12.3. The zero-order valence-electron chi connectivity index (χ0n) is 27.6. The lowest BCUT2D eigenvalue weighted by Gasteiger charge is -2.06. The molecule has 6 aromatic rings. The minimum atomic E-state index is -0.489. The van der Waals surface area contributed by atoms with Crippen LogP contribution in [0.5, 0.6) is 0 Å². The topological polar surface area (TPSA) is 83.7 Å². The Balaban J connectivity index is 1.48. The Morgan fingerprint density at radius 1 is 0.588 bits per heavy atom. The van der Waals surface area contributed by atoms with E-state index in [1.165, 1.54) is 6.08 Å². The molecule has 0 unspecified atom stereocenters. The van der Waals surface area contributed by atoms with Gasteiger partial charge in [0.2, 0.25) is 0 Å².